The van der Waals surface area contributed by atoms with Crippen molar-refractivity contribution in [3.8, 4) is 12.3 Å². The first-order chi connectivity index (χ1) is 22.6. The lowest BCUT2D eigenvalue weighted by Gasteiger charge is -2.25. The number of amides is 2. The van der Waals surface area contributed by atoms with Gasteiger partial charge in [0.25, 0.3) is 11.8 Å². The maximum absolute atomic E-state index is 13.8. The zero-order valence-electron chi connectivity index (χ0n) is 26.4. The van der Waals surface area contributed by atoms with Crippen LogP contribution in [0, 0.1) is 12.3 Å². The summed E-state index contributed by atoms with van der Waals surface area (Å²) in [5, 5.41) is 20.3. The minimum atomic E-state index is -3.71. The first kappa shape index (κ1) is 34.9. The van der Waals surface area contributed by atoms with Gasteiger partial charge in [0.15, 0.2) is 0 Å². The molecular formula is C37H40N4O5S. The summed E-state index contributed by atoms with van der Waals surface area (Å²) in [6.07, 6.45) is 4.85. The molecule has 0 fully saturated rings. The summed E-state index contributed by atoms with van der Waals surface area (Å²) in [4.78, 5) is 27.1. The predicted octanol–water partition coefficient (Wildman–Crippen LogP) is 4.41. The summed E-state index contributed by atoms with van der Waals surface area (Å²) in [5.74, 6) is 1.36. The van der Waals surface area contributed by atoms with E-state index in [4.69, 9.17) is 6.42 Å². The number of hydrogen-bond acceptors (Lipinski definition) is 6. The van der Waals surface area contributed by atoms with Crippen molar-refractivity contribution in [2.75, 3.05) is 17.0 Å². The van der Waals surface area contributed by atoms with Crippen LogP contribution in [0.1, 0.15) is 62.9 Å². The highest BCUT2D eigenvalue weighted by Crippen LogP contribution is 2.20. The number of anilines is 1. The maximum atomic E-state index is 13.8. The van der Waals surface area contributed by atoms with Gasteiger partial charge in [-0.05, 0) is 67.3 Å². The van der Waals surface area contributed by atoms with E-state index < -0.39 is 34.0 Å². The standard InChI is InChI=1S/C37H40N4O5S/c1-4-27-15-12-16-29(19-27)24-38-25-35(42)34(20-28-13-8-6-9-14-28)40-37(44)32-21-31(22-33(23-32)41-47(45,46)5-2)36(43)39-26(3)30-17-10-7-11-18-30/h1,6-19,21-23,26,34-35,38,41-42H,5,20,24-25H2,2-3H3,(H,39,43)(H,40,44)/t26-,34+,35-/m1/s1. The molecule has 0 aromatic heterocycles. The second-order valence-electron chi connectivity index (χ2n) is 11.2. The molecule has 2 amide bonds. The van der Waals surface area contributed by atoms with E-state index in [1.54, 1.807) is 0 Å². The SMILES string of the molecule is C#Cc1cccc(CNC[C@@H](O)[C@H](Cc2ccccc2)NC(=O)c2cc(NS(=O)(=O)CC)cc(C(=O)N[C@H](C)c3ccccc3)c2)c1. The van der Waals surface area contributed by atoms with Crippen molar-refractivity contribution in [2.45, 2.75) is 45.0 Å². The molecule has 3 atom stereocenters. The number of terminal acetylenes is 1. The van der Waals surface area contributed by atoms with E-state index >= 15 is 0 Å². The number of nitrogens with one attached hydrogen (secondary N) is 4. The minimum absolute atomic E-state index is 0.0585. The van der Waals surface area contributed by atoms with E-state index in [1.165, 1.54) is 25.1 Å². The van der Waals surface area contributed by atoms with Crippen molar-refractivity contribution >= 4 is 27.5 Å². The molecule has 0 radical (unpaired) electrons. The Morgan fingerprint density at radius 2 is 1.45 bits per heavy atom. The predicted molar refractivity (Wildman–Crippen MR) is 185 cm³/mol. The van der Waals surface area contributed by atoms with Crippen LogP contribution in [0.15, 0.2) is 103 Å². The monoisotopic (exact) mass is 652 g/mol. The molecule has 0 aliphatic carbocycles. The summed E-state index contributed by atoms with van der Waals surface area (Å²) >= 11 is 0. The van der Waals surface area contributed by atoms with Crippen LogP contribution in [0.2, 0.25) is 0 Å². The molecular weight excluding hydrogens is 612 g/mol. The molecule has 5 N–H and O–H groups in total. The lowest BCUT2D eigenvalue weighted by atomic mass is 10.00. The Morgan fingerprint density at radius 3 is 2.09 bits per heavy atom. The van der Waals surface area contributed by atoms with Crippen LogP contribution in [0.25, 0.3) is 0 Å². The van der Waals surface area contributed by atoms with Crippen molar-refractivity contribution in [3.63, 3.8) is 0 Å². The van der Waals surface area contributed by atoms with E-state index in [9.17, 15) is 23.1 Å². The molecule has 244 valence electrons. The van der Waals surface area contributed by atoms with Gasteiger partial charge < -0.3 is 21.1 Å². The Labute approximate surface area is 276 Å². The Morgan fingerprint density at radius 1 is 0.830 bits per heavy atom. The van der Waals surface area contributed by atoms with Crippen molar-refractivity contribution in [3.05, 3.63) is 137 Å². The van der Waals surface area contributed by atoms with E-state index in [1.807, 2.05) is 91.9 Å². The van der Waals surface area contributed by atoms with Gasteiger partial charge in [0, 0.05) is 29.8 Å². The number of carbonyl (C=O) groups excluding carboxylic acids is 2. The van der Waals surface area contributed by atoms with Crippen LogP contribution in [-0.4, -0.2) is 49.8 Å². The number of sulfonamides is 1. The molecule has 10 heteroatoms. The second kappa shape index (κ2) is 16.6. The minimum Gasteiger partial charge on any atom is -0.390 e. The number of rotatable bonds is 15. The van der Waals surface area contributed by atoms with Gasteiger partial charge in [0.2, 0.25) is 10.0 Å². The van der Waals surface area contributed by atoms with Gasteiger partial charge in [0.1, 0.15) is 0 Å². The number of carbonyl (C=O) groups is 2. The fourth-order valence-corrected chi connectivity index (χ4v) is 5.61. The Hall–Kier alpha value is -4.95. The molecule has 0 heterocycles. The molecule has 0 bridgehead atoms. The summed E-state index contributed by atoms with van der Waals surface area (Å²) in [6.45, 7) is 3.95. The van der Waals surface area contributed by atoms with Crippen molar-refractivity contribution in [1.82, 2.24) is 16.0 Å². The zero-order valence-corrected chi connectivity index (χ0v) is 27.3. The number of aliphatic hydroxyl groups excluding tert-OH is 1. The average Bonchev–Trinajstić information content (AvgIpc) is 3.08. The largest absolute Gasteiger partial charge is 0.390 e. The molecule has 0 unspecified atom stereocenters. The van der Waals surface area contributed by atoms with Gasteiger partial charge in [-0.15, -0.1) is 6.42 Å². The third-order valence-electron chi connectivity index (χ3n) is 7.61. The van der Waals surface area contributed by atoms with Gasteiger partial charge in [-0.25, -0.2) is 8.42 Å². The van der Waals surface area contributed by atoms with Crippen LogP contribution < -0.4 is 20.7 Å². The van der Waals surface area contributed by atoms with E-state index in [0.29, 0.717) is 13.0 Å². The van der Waals surface area contributed by atoms with Gasteiger partial charge >= 0.3 is 0 Å². The van der Waals surface area contributed by atoms with Gasteiger partial charge in [-0.3, -0.25) is 14.3 Å². The highest BCUT2D eigenvalue weighted by Gasteiger charge is 2.24. The van der Waals surface area contributed by atoms with Gasteiger partial charge in [-0.1, -0.05) is 78.7 Å². The van der Waals surface area contributed by atoms with Crippen LogP contribution >= 0.6 is 0 Å². The maximum Gasteiger partial charge on any atom is 0.251 e. The van der Waals surface area contributed by atoms with Crippen molar-refractivity contribution in [2.24, 2.45) is 0 Å². The molecule has 4 aromatic carbocycles. The molecule has 0 saturated heterocycles. The molecule has 0 aliphatic heterocycles. The van der Waals surface area contributed by atoms with E-state index in [-0.39, 0.29) is 35.2 Å². The molecule has 0 aliphatic rings. The first-order valence-electron chi connectivity index (χ1n) is 15.4. The topological polar surface area (TPSA) is 137 Å². The highest BCUT2D eigenvalue weighted by atomic mass is 32.2. The van der Waals surface area contributed by atoms with Crippen LogP contribution in [0.3, 0.4) is 0 Å². The highest BCUT2D eigenvalue weighted by molar-refractivity contribution is 7.92. The average molecular weight is 653 g/mol. The summed E-state index contributed by atoms with van der Waals surface area (Å²) < 4.78 is 27.3. The van der Waals surface area contributed by atoms with Crippen molar-refractivity contribution in [1.29, 1.82) is 0 Å². The summed E-state index contributed by atoms with van der Waals surface area (Å²) in [5.41, 5.74) is 3.73. The van der Waals surface area contributed by atoms with E-state index in [0.717, 1.165) is 22.3 Å². The molecule has 0 saturated carbocycles. The Bertz CT molecular complexity index is 1810. The van der Waals surface area contributed by atoms with E-state index in [2.05, 4.69) is 26.6 Å². The molecule has 4 aromatic rings. The molecule has 0 spiro atoms. The van der Waals surface area contributed by atoms with Crippen LogP contribution in [-0.2, 0) is 23.0 Å². The van der Waals surface area contributed by atoms with Crippen LogP contribution in [0.5, 0.6) is 0 Å². The smallest absolute Gasteiger partial charge is 0.251 e. The second-order valence-corrected chi connectivity index (χ2v) is 13.2. The summed E-state index contributed by atoms with van der Waals surface area (Å²) in [6, 6.07) is 29.5. The molecule has 47 heavy (non-hydrogen) atoms. The lowest BCUT2D eigenvalue weighted by molar-refractivity contribution is 0.0830. The third kappa shape index (κ3) is 10.5. The fraction of sp³-hybridized carbons (Fsp3) is 0.243. The normalized spacial score (nSPS) is 13.1. The molecule has 4 rings (SSSR count). The molecule has 9 nitrogen and oxygen atoms in total. The third-order valence-corrected chi connectivity index (χ3v) is 8.92. The number of aliphatic hydroxyl groups is 1. The summed E-state index contributed by atoms with van der Waals surface area (Å²) in [7, 11) is -3.71. The Balaban J connectivity index is 1.56. The van der Waals surface area contributed by atoms with Gasteiger partial charge in [0.05, 0.1) is 29.6 Å². The first-order valence-corrected chi connectivity index (χ1v) is 17.0. The van der Waals surface area contributed by atoms with Crippen LogP contribution in [0.4, 0.5) is 5.69 Å². The van der Waals surface area contributed by atoms with Crippen molar-refractivity contribution < 1.29 is 23.1 Å². The lowest BCUT2D eigenvalue weighted by Crippen LogP contribution is -2.48. The fourth-order valence-electron chi connectivity index (χ4n) is 4.99. The zero-order chi connectivity index (χ0) is 33.8. The quantitative estimate of drug-likeness (QED) is 0.121. The number of hydrogen-bond donors (Lipinski definition) is 5. The van der Waals surface area contributed by atoms with Gasteiger partial charge in [-0.2, -0.15) is 0 Å². The number of benzene rings is 4. The Kier molecular flexibility index (Phi) is 12.3.